The summed E-state index contributed by atoms with van der Waals surface area (Å²) in [5.41, 5.74) is 14.3. The zero-order valence-corrected chi connectivity index (χ0v) is 40.2. The molecule has 372 valence electrons. The van der Waals surface area contributed by atoms with Crippen molar-refractivity contribution in [2.24, 2.45) is 11.7 Å². The third-order valence-electron chi connectivity index (χ3n) is 12.1. The average molecular weight is 969 g/mol. The number of hydrogen-bond acceptors (Lipinski definition) is 12. The van der Waals surface area contributed by atoms with E-state index in [1.54, 1.807) is 44.3 Å². The van der Waals surface area contributed by atoms with Crippen molar-refractivity contribution in [3.05, 3.63) is 102 Å². The lowest BCUT2D eigenvalue weighted by Gasteiger charge is -2.25. The average Bonchev–Trinajstić information content (AvgIpc) is 4.05. The van der Waals surface area contributed by atoms with Gasteiger partial charge in [0, 0.05) is 80.0 Å². The zero-order valence-electron chi connectivity index (χ0n) is 40.2. The lowest BCUT2D eigenvalue weighted by atomic mass is 9.99. The first kappa shape index (κ1) is 50.8. The van der Waals surface area contributed by atoms with Crippen molar-refractivity contribution < 1.29 is 38.3 Å². The molecule has 0 saturated heterocycles. The second-order valence-electron chi connectivity index (χ2n) is 17.9. The number of hydrogen-bond donors (Lipinski definition) is 6. The van der Waals surface area contributed by atoms with Gasteiger partial charge in [-0.15, -0.1) is 0 Å². The van der Waals surface area contributed by atoms with Crippen LogP contribution in [0.15, 0.2) is 79.0 Å². The molecule has 0 bridgehead atoms. The van der Waals surface area contributed by atoms with E-state index in [1.807, 2.05) is 37.3 Å². The number of fused-ring (bicyclic) bond motifs is 2. The number of carbonyl (C=O) groups is 7. The molecule has 20 nitrogen and oxygen atoms in total. The molecule has 7 rings (SSSR count). The SMILES string of the molecule is Cc1cccc(-c2nn3c(c2-c2ccc4ncc(CCNC(=O)OCc5ccc(NC(=O)[C@H](CCCNC(N)=O)NC(=O)[C@@H](NC(=O)CCCCCN6C(=O)C=CC6=O)C(C)C)cc5)nc4c2)CCC3)n1. The molecule has 3 aromatic heterocycles. The number of primary amides is 1. The minimum Gasteiger partial charge on any atom is -0.445 e. The summed E-state index contributed by atoms with van der Waals surface area (Å²) in [6, 6.07) is 16.0. The number of rotatable bonds is 23. The molecule has 0 radical (unpaired) electrons. The van der Waals surface area contributed by atoms with Crippen LogP contribution in [-0.2, 0) is 54.7 Å². The summed E-state index contributed by atoms with van der Waals surface area (Å²) in [6.07, 6.45) is 8.11. The quantitative estimate of drug-likeness (QED) is 0.0382. The van der Waals surface area contributed by atoms with Crippen LogP contribution in [0.3, 0.4) is 0 Å². The fraction of sp³-hybridized carbons (Fsp3) is 0.392. The maximum absolute atomic E-state index is 13.6. The van der Waals surface area contributed by atoms with Gasteiger partial charge in [-0.1, -0.05) is 44.5 Å². The normalized spacial score (nSPS) is 13.8. The lowest BCUT2D eigenvalue weighted by Crippen LogP contribution is -2.54. The van der Waals surface area contributed by atoms with Crippen LogP contribution in [0.1, 0.15) is 81.4 Å². The number of aromatic nitrogens is 5. The zero-order chi connectivity index (χ0) is 50.4. The first-order valence-corrected chi connectivity index (χ1v) is 24.0. The molecule has 2 aliphatic heterocycles. The molecule has 8 amide bonds. The molecule has 0 unspecified atom stereocenters. The van der Waals surface area contributed by atoms with Gasteiger partial charge < -0.3 is 37.1 Å². The highest BCUT2D eigenvalue weighted by atomic mass is 16.5. The third kappa shape index (κ3) is 13.8. The number of nitrogens with one attached hydrogen (secondary N) is 5. The smallest absolute Gasteiger partial charge is 0.407 e. The predicted molar refractivity (Wildman–Crippen MR) is 264 cm³/mol. The molecule has 0 spiro atoms. The van der Waals surface area contributed by atoms with Crippen molar-refractivity contribution >= 4 is 58.4 Å². The summed E-state index contributed by atoms with van der Waals surface area (Å²) in [4.78, 5) is 103. The van der Waals surface area contributed by atoms with Crippen LogP contribution in [0.4, 0.5) is 15.3 Å². The van der Waals surface area contributed by atoms with Gasteiger partial charge in [0.25, 0.3) is 11.8 Å². The molecule has 2 aromatic carbocycles. The van der Waals surface area contributed by atoms with Crippen molar-refractivity contribution in [1.82, 2.24) is 50.9 Å². The molecule has 0 fully saturated rings. The van der Waals surface area contributed by atoms with Crippen molar-refractivity contribution in [2.45, 2.75) is 104 Å². The topological polar surface area (TPSA) is 275 Å². The number of benzene rings is 2. The van der Waals surface area contributed by atoms with Crippen LogP contribution < -0.4 is 32.3 Å². The second-order valence-corrected chi connectivity index (χ2v) is 17.9. The van der Waals surface area contributed by atoms with E-state index in [0.717, 1.165) is 63.5 Å². The highest BCUT2D eigenvalue weighted by Crippen LogP contribution is 2.37. The monoisotopic (exact) mass is 968 g/mol. The van der Waals surface area contributed by atoms with Crippen LogP contribution >= 0.6 is 0 Å². The van der Waals surface area contributed by atoms with E-state index in [4.69, 9.17) is 25.5 Å². The van der Waals surface area contributed by atoms with Crippen LogP contribution in [-0.4, -0.2) is 103 Å². The van der Waals surface area contributed by atoms with Crippen LogP contribution in [0.5, 0.6) is 0 Å². The number of urea groups is 1. The maximum atomic E-state index is 13.6. The van der Waals surface area contributed by atoms with E-state index in [2.05, 4.69) is 42.3 Å². The maximum Gasteiger partial charge on any atom is 0.407 e. The van der Waals surface area contributed by atoms with Crippen LogP contribution in [0.25, 0.3) is 33.5 Å². The molecule has 0 aliphatic carbocycles. The fourth-order valence-electron chi connectivity index (χ4n) is 8.43. The molecule has 5 heterocycles. The van der Waals surface area contributed by atoms with Gasteiger partial charge in [0.05, 0.1) is 22.4 Å². The Balaban J connectivity index is 0.874. The Kier molecular flexibility index (Phi) is 17.2. The van der Waals surface area contributed by atoms with Gasteiger partial charge in [-0.05, 0) is 98.9 Å². The first-order chi connectivity index (χ1) is 34.2. The van der Waals surface area contributed by atoms with Gasteiger partial charge in [0.15, 0.2) is 0 Å². The van der Waals surface area contributed by atoms with Gasteiger partial charge in [-0.3, -0.25) is 43.5 Å². The van der Waals surface area contributed by atoms with Gasteiger partial charge in [-0.25, -0.2) is 14.6 Å². The molecular weight excluding hydrogens is 909 g/mol. The number of alkyl carbamates (subject to hydrolysis) is 1. The Morgan fingerprint density at radius 1 is 0.845 bits per heavy atom. The summed E-state index contributed by atoms with van der Waals surface area (Å²) < 4.78 is 7.54. The summed E-state index contributed by atoms with van der Waals surface area (Å²) in [5.74, 6) is -2.46. The number of pyridine rings is 1. The summed E-state index contributed by atoms with van der Waals surface area (Å²) >= 11 is 0. The molecule has 20 heteroatoms. The number of nitrogens with zero attached hydrogens (tertiary/aromatic N) is 6. The molecule has 5 aromatic rings. The molecule has 2 aliphatic rings. The Morgan fingerprint density at radius 2 is 1.63 bits per heavy atom. The van der Waals surface area contributed by atoms with Gasteiger partial charge in [-0.2, -0.15) is 5.10 Å². The first-order valence-electron chi connectivity index (χ1n) is 24.0. The number of nitrogens with two attached hydrogens (primary N) is 1. The third-order valence-corrected chi connectivity index (χ3v) is 12.1. The van der Waals surface area contributed by atoms with Crippen LogP contribution in [0, 0.1) is 12.8 Å². The standard InChI is InChI=1S/C51H60N12O8/c1-31(2)46(60-42(64)14-5-4-6-26-62-43(65)21-22-44(62)66)49(68)59-39(12-8-24-53-50(52)69)48(67)58-35-18-15-33(16-19-35)30-71-51(70)54-25-23-36-29-55-37-20-17-34(28-40(37)57-36)45-41-13-9-27-63(41)61-47(45)38-11-7-10-32(3)56-38/h7,10-11,15-22,28-29,31,39,46H,4-6,8-9,12-14,23-27,30H2,1-3H3,(H,54,70)(H,58,67)(H,59,68)(H,60,64)(H3,52,53,69)/t39-,46-/m0/s1. The highest BCUT2D eigenvalue weighted by molar-refractivity contribution is 6.12. The number of imide groups is 1. The summed E-state index contributed by atoms with van der Waals surface area (Å²) in [7, 11) is 0. The molecule has 0 saturated carbocycles. The van der Waals surface area contributed by atoms with E-state index in [-0.39, 0.29) is 62.7 Å². The van der Waals surface area contributed by atoms with Crippen molar-refractivity contribution in [3.8, 4) is 22.5 Å². The van der Waals surface area contributed by atoms with E-state index in [9.17, 15) is 33.6 Å². The van der Waals surface area contributed by atoms with Crippen molar-refractivity contribution in [3.63, 3.8) is 0 Å². The lowest BCUT2D eigenvalue weighted by molar-refractivity contribution is -0.137. The van der Waals surface area contributed by atoms with Crippen molar-refractivity contribution in [1.29, 1.82) is 0 Å². The van der Waals surface area contributed by atoms with Gasteiger partial charge >= 0.3 is 12.1 Å². The summed E-state index contributed by atoms with van der Waals surface area (Å²) in [6.45, 7) is 7.03. The number of amides is 8. The van der Waals surface area contributed by atoms with E-state index in [0.29, 0.717) is 49.0 Å². The highest BCUT2D eigenvalue weighted by Gasteiger charge is 2.30. The van der Waals surface area contributed by atoms with E-state index >= 15 is 0 Å². The number of unbranched alkanes of at least 4 members (excludes halogenated alkanes) is 2. The minimum absolute atomic E-state index is 0.0383. The van der Waals surface area contributed by atoms with Crippen molar-refractivity contribution in [2.75, 3.05) is 25.0 Å². The predicted octanol–water partition coefficient (Wildman–Crippen LogP) is 4.78. The Hall–Kier alpha value is -8.03. The fourth-order valence-corrected chi connectivity index (χ4v) is 8.43. The number of aryl methyl sites for hydroxylation is 2. The number of ether oxygens (including phenoxy) is 1. The minimum atomic E-state index is -1.04. The Morgan fingerprint density at radius 3 is 2.38 bits per heavy atom. The van der Waals surface area contributed by atoms with E-state index in [1.165, 1.54) is 17.8 Å². The largest absolute Gasteiger partial charge is 0.445 e. The van der Waals surface area contributed by atoms with Gasteiger partial charge in [0.1, 0.15) is 24.4 Å². The summed E-state index contributed by atoms with van der Waals surface area (Å²) in [5, 5.41) is 18.5. The van der Waals surface area contributed by atoms with Crippen LogP contribution in [0.2, 0.25) is 0 Å². The molecule has 71 heavy (non-hydrogen) atoms. The van der Waals surface area contributed by atoms with Gasteiger partial charge in [0.2, 0.25) is 17.7 Å². The van der Waals surface area contributed by atoms with E-state index < -0.39 is 36.0 Å². The Bertz CT molecular complexity index is 2790. The molecule has 7 N–H and O–H groups in total. The number of carbonyl (C=O) groups excluding carboxylic acids is 7. The number of anilines is 1. The second kappa shape index (κ2) is 24.0. The molecule has 2 atom stereocenters. The Labute approximate surface area is 411 Å². The molecular formula is C51H60N12O8.